The first-order valence-electron chi connectivity index (χ1n) is 16.6. The molecule has 0 bridgehead atoms. The van der Waals surface area contributed by atoms with Gasteiger partial charge in [-0.2, -0.15) is 0 Å². The van der Waals surface area contributed by atoms with Gasteiger partial charge in [-0.05, 0) is 88.2 Å². The zero-order chi connectivity index (χ0) is 33.5. The van der Waals surface area contributed by atoms with Crippen LogP contribution in [-0.2, 0) is 23.8 Å². The van der Waals surface area contributed by atoms with Crippen LogP contribution in [0.15, 0.2) is 46.6 Å². The van der Waals surface area contributed by atoms with Gasteiger partial charge in [0.25, 0.3) is 0 Å². The molecule has 0 aromatic rings. The lowest BCUT2D eigenvalue weighted by Crippen LogP contribution is -2.58. The molecule has 0 amide bonds. The maximum absolute atomic E-state index is 13.8. The van der Waals surface area contributed by atoms with Crippen molar-refractivity contribution in [1.82, 2.24) is 0 Å². The number of allylic oxidation sites excluding steroid dienone is 6. The number of rotatable bonds is 8. The van der Waals surface area contributed by atoms with Crippen molar-refractivity contribution in [2.45, 2.75) is 138 Å². The first kappa shape index (κ1) is 35.7. The highest BCUT2D eigenvalue weighted by molar-refractivity contribution is 6.00. The number of Topliss-reactive ketones (excluding diaryl/α,β-unsaturated/α-hetero) is 1. The van der Waals surface area contributed by atoms with E-state index < -0.39 is 30.7 Å². The quantitative estimate of drug-likeness (QED) is 0.134. The molecule has 3 aliphatic carbocycles. The van der Waals surface area contributed by atoms with Crippen LogP contribution in [0.3, 0.4) is 0 Å². The highest BCUT2D eigenvalue weighted by atomic mass is 16.7. The van der Waals surface area contributed by atoms with Crippen LogP contribution in [-0.4, -0.2) is 70.5 Å². The highest BCUT2D eigenvalue weighted by Gasteiger charge is 2.65. The second kappa shape index (κ2) is 13.6. The van der Waals surface area contributed by atoms with Crippen LogP contribution in [0.4, 0.5) is 0 Å². The van der Waals surface area contributed by atoms with Crippen molar-refractivity contribution in [1.29, 1.82) is 0 Å². The SMILES string of the molecule is CC(=O)O[C@@H]1CC[C@@]2(C)[C@@H](CC[C@]3(C)\C(=C(C)/C=C/C=C(\C)C(CC=C(C)C)O[C@@H]4OC[C@H](O)[C@H](O)[C@@H]4O)C(=O)C[C@@H]23)C1(C)C. The average molecular weight is 629 g/mol. The van der Waals surface area contributed by atoms with E-state index in [-0.39, 0.29) is 46.6 Å². The Balaban J connectivity index is 1.55. The zero-order valence-corrected chi connectivity index (χ0v) is 28.8. The monoisotopic (exact) mass is 628 g/mol. The largest absolute Gasteiger partial charge is 0.462 e. The van der Waals surface area contributed by atoms with Gasteiger partial charge in [0.1, 0.15) is 24.4 Å². The normalized spacial score (nSPS) is 40.0. The summed E-state index contributed by atoms with van der Waals surface area (Å²) in [6, 6.07) is 0. The van der Waals surface area contributed by atoms with Crippen molar-refractivity contribution in [2.24, 2.45) is 28.1 Å². The van der Waals surface area contributed by atoms with E-state index in [0.29, 0.717) is 18.8 Å². The summed E-state index contributed by atoms with van der Waals surface area (Å²) in [7, 11) is 0. The van der Waals surface area contributed by atoms with E-state index in [1.54, 1.807) is 0 Å². The van der Waals surface area contributed by atoms with Gasteiger partial charge in [0, 0.05) is 29.7 Å². The number of carbonyl (C=O) groups is 2. The molecular weight excluding hydrogens is 572 g/mol. The first-order chi connectivity index (χ1) is 20.9. The number of hydrogen-bond acceptors (Lipinski definition) is 8. The van der Waals surface area contributed by atoms with E-state index in [2.05, 4.69) is 33.8 Å². The predicted octanol–water partition coefficient (Wildman–Crippen LogP) is 5.75. The van der Waals surface area contributed by atoms with Crippen LogP contribution in [0, 0.1) is 28.1 Å². The molecule has 0 spiro atoms. The molecule has 0 aromatic heterocycles. The number of fused-ring (bicyclic) bond motifs is 3. The van der Waals surface area contributed by atoms with E-state index in [1.807, 2.05) is 45.9 Å². The number of carbonyl (C=O) groups excluding carboxylic acids is 2. The zero-order valence-electron chi connectivity index (χ0n) is 28.8. The van der Waals surface area contributed by atoms with Crippen LogP contribution in [0.5, 0.6) is 0 Å². The number of aliphatic hydroxyl groups excluding tert-OH is 3. The molecule has 8 heteroatoms. The van der Waals surface area contributed by atoms with E-state index in [1.165, 1.54) is 6.92 Å². The van der Waals surface area contributed by atoms with E-state index in [0.717, 1.165) is 48.0 Å². The Morgan fingerprint density at radius 1 is 1.00 bits per heavy atom. The van der Waals surface area contributed by atoms with Gasteiger partial charge in [-0.3, -0.25) is 9.59 Å². The van der Waals surface area contributed by atoms with Crippen molar-refractivity contribution in [2.75, 3.05) is 6.61 Å². The molecule has 0 aromatic carbocycles. The van der Waals surface area contributed by atoms with Gasteiger partial charge in [-0.15, -0.1) is 0 Å². The third-order valence-electron chi connectivity index (χ3n) is 11.6. The fourth-order valence-corrected chi connectivity index (χ4v) is 9.26. The summed E-state index contributed by atoms with van der Waals surface area (Å²) in [4.78, 5) is 25.6. The lowest BCUT2D eigenvalue weighted by Gasteiger charge is -2.62. The number of aliphatic hydroxyl groups is 3. The first-order valence-corrected chi connectivity index (χ1v) is 16.6. The third-order valence-corrected chi connectivity index (χ3v) is 11.6. The lowest BCUT2D eigenvalue weighted by molar-refractivity contribution is -0.278. The van der Waals surface area contributed by atoms with E-state index in [9.17, 15) is 24.9 Å². The number of hydrogen-bond donors (Lipinski definition) is 3. The van der Waals surface area contributed by atoms with E-state index in [4.69, 9.17) is 14.2 Å². The van der Waals surface area contributed by atoms with Gasteiger partial charge < -0.3 is 29.5 Å². The molecule has 1 saturated heterocycles. The van der Waals surface area contributed by atoms with E-state index >= 15 is 0 Å². The molecule has 1 heterocycles. The second-order valence-electron chi connectivity index (χ2n) is 15.4. The smallest absolute Gasteiger partial charge is 0.302 e. The van der Waals surface area contributed by atoms with Crippen molar-refractivity contribution in [3.05, 3.63) is 46.6 Å². The van der Waals surface area contributed by atoms with Gasteiger partial charge in [0.15, 0.2) is 12.1 Å². The van der Waals surface area contributed by atoms with Gasteiger partial charge in [-0.1, -0.05) is 57.6 Å². The maximum atomic E-state index is 13.8. The summed E-state index contributed by atoms with van der Waals surface area (Å²) in [5.41, 5.74) is 3.56. The third kappa shape index (κ3) is 6.96. The van der Waals surface area contributed by atoms with Gasteiger partial charge in [0.2, 0.25) is 0 Å². The van der Waals surface area contributed by atoms with Crippen LogP contribution in [0.2, 0.25) is 0 Å². The average Bonchev–Trinajstić information content (AvgIpc) is 3.23. The molecule has 4 aliphatic rings. The summed E-state index contributed by atoms with van der Waals surface area (Å²) >= 11 is 0. The summed E-state index contributed by atoms with van der Waals surface area (Å²) in [5, 5.41) is 30.4. The minimum absolute atomic E-state index is 0.0179. The molecular formula is C37H56O8. The molecule has 4 fully saturated rings. The lowest BCUT2D eigenvalue weighted by atomic mass is 9.43. The topological polar surface area (TPSA) is 123 Å². The number of ketones is 1. The Kier molecular flexibility index (Phi) is 10.8. The Morgan fingerprint density at radius 2 is 1.69 bits per heavy atom. The van der Waals surface area contributed by atoms with Crippen LogP contribution in [0.25, 0.3) is 0 Å². The molecule has 0 radical (unpaired) electrons. The summed E-state index contributed by atoms with van der Waals surface area (Å²) < 4.78 is 17.4. The Bertz CT molecular complexity index is 1250. The fourth-order valence-electron chi connectivity index (χ4n) is 9.26. The van der Waals surface area contributed by atoms with Gasteiger partial charge >= 0.3 is 5.97 Å². The summed E-state index contributed by atoms with van der Waals surface area (Å²) in [6.07, 6.45) is 7.33. The van der Waals surface area contributed by atoms with Gasteiger partial charge in [0.05, 0.1) is 12.7 Å². The molecule has 10 atom stereocenters. The Labute approximate surface area is 269 Å². The van der Waals surface area contributed by atoms with Gasteiger partial charge in [-0.25, -0.2) is 0 Å². The fraction of sp³-hybridized carbons (Fsp3) is 0.730. The molecule has 3 N–H and O–H groups in total. The van der Waals surface area contributed by atoms with Crippen LogP contribution < -0.4 is 0 Å². The predicted molar refractivity (Wildman–Crippen MR) is 173 cm³/mol. The standard InChI is InChI=1S/C37H56O8/c1-21(2)13-14-27(45-34-33(42)32(41)26(40)20-43-34)22(3)11-10-12-23(4)31-25(39)19-29-36(8)18-16-30(44-24(5)38)35(6,7)28(36)15-17-37(29,31)9/h10-13,26-30,32-34,40-42H,14-20H2,1-9H3/b12-10+,22-11+,31-23-/t26-,27?,28-,29-,30+,32-,33-,34-,36-,37-/m0/s1. The summed E-state index contributed by atoms with van der Waals surface area (Å²) in [6.45, 7) is 18.5. The molecule has 1 aliphatic heterocycles. The molecule has 3 saturated carbocycles. The summed E-state index contributed by atoms with van der Waals surface area (Å²) in [5.74, 6) is 0.616. The molecule has 45 heavy (non-hydrogen) atoms. The molecule has 252 valence electrons. The van der Waals surface area contributed by atoms with Crippen LogP contribution in [0.1, 0.15) is 101 Å². The number of ether oxygens (including phenoxy) is 3. The second-order valence-corrected chi connectivity index (χ2v) is 15.4. The Hall–Kier alpha value is -2.10. The molecule has 1 unspecified atom stereocenters. The minimum Gasteiger partial charge on any atom is -0.462 e. The van der Waals surface area contributed by atoms with Crippen molar-refractivity contribution in [3.8, 4) is 0 Å². The van der Waals surface area contributed by atoms with Crippen molar-refractivity contribution >= 4 is 11.8 Å². The van der Waals surface area contributed by atoms with Crippen molar-refractivity contribution < 1.29 is 39.1 Å². The molecule has 8 nitrogen and oxygen atoms in total. The molecule has 4 rings (SSSR count). The highest BCUT2D eigenvalue weighted by Crippen LogP contribution is 2.69. The van der Waals surface area contributed by atoms with Crippen molar-refractivity contribution in [3.63, 3.8) is 0 Å². The number of esters is 1. The van der Waals surface area contributed by atoms with Crippen LogP contribution >= 0.6 is 0 Å². The Morgan fingerprint density at radius 3 is 2.33 bits per heavy atom. The minimum atomic E-state index is -1.36. The maximum Gasteiger partial charge on any atom is 0.302 e.